The molecule has 0 saturated heterocycles. The molecule has 0 radical (unpaired) electrons. The number of halogens is 3. The van der Waals surface area contributed by atoms with Gasteiger partial charge in [-0.05, 0) is 13.3 Å². The van der Waals surface area contributed by atoms with Crippen molar-refractivity contribution >= 4 is 23.7 Å². The van der Waals surface area contributed by atoms with E-state index in [-0.39, 0.29) is 17.8 Å². The molecule has 0 unspecified atom stereocenters. The van der Waals surface area contributed by atoms with Crippen LogP contribution in [0.3, 0.4) is 0 Å². The molecule has 0 aliphatic rings. The molecule has 2 aromatic heterocycles. The highest BCUT2D eigenvalue weighted by Crippen LogP contribution is 2.34. The van der Waals surface area contributed by atoms with Gasteiger partial charge < -0.3 is 16.0 Å². The minimum atomic E-state index is -4.53. The predicted octanol–water partition coefficient (Wildman–Crippen LogP) is 3.39. The van der Waals surface area contributed by atoms with Gasteiger partial charge in [0.15, 0.2) is 0 Å². The van der Waals surface area contributed by atoms with Gasteiger partial charge in [-0.15, -0.1) is 0 Å². The number of nitrogens with one attached hydrogen (secondary N) is 3. The molecule has 0 aliphatic heterocycles. The van der Waals surface area contributed by atoms with Gasteiger partial charge in [-0.2, -0.15) is 23.3 Å². The Morgan fingerprint density at radius 3 is 2.67 bits per heavy atom. The maximum absolute atomic E-state index is 12.9. The molecule has 0 fully saturated rings. The summed E-state index contributed by atoms with van der Waals surface area (Å²) < 4.78 is 40.2. The van der Waals surface area contributed by atoms with Crippen molar-refractivity contribution in [3.8, 4) is 0 Å². The molecule has 0 bridgehead atoms. The van der Waals surface area contributed by atoms with E-state index < -0.39 is 11.7 Å². The third kappa shape index (κ3) is 3.63. The summed E-state index contributed by atoms with van der Waals surface area (Å²) in [4.78, 5) is 7.57. The second kappa shape index (κ2) is 6.85. The number of nitrogens with zero attached hydrogens (tertiary/aromatic N) is 4. The van der Waals surface area contributed by atoms with Gasteiger partial charge in [0.25, 0.3) is 0 Å². The Hall–Kier alpha value is -2.65. The average molecular weight is 341 g/mol. The minimum Gasteiger partial charge on any atom is -0.372 e. The standard InChI is InChI=1S/C14H18F3N7/c1-4-9(5-18)24-7-11(8(2)23-24)21-13-20-6-10(14(15,16)17)12(19-3)22-13/h5-7,9,18H,4H2,1-3H3,(H2,19,20,21,22)/t9-/m1/s1. The van der Waals surface area contributed by atoms with E-state index in [0.717, 1.165) is 6.20 Å². The van der Waals surface area contributed by atoms with E-state index in [1.807, 2.05) is 6.92 Å². The second-order valence-corrected chi connectivity index (χ2v) is 5.08. The number of aromatic nitrogens is 4. The topological polar surface area (TPSA) is 91.5 Å². The van der Waals surface area contributed by atoms with Crippen LogP contribution < -0.4 is 10.6 Å². The third-order valence-corrected chi connectivity index (χ3v) is 3.44. The van der Waals surface area contributed by atoms with Crippen molar-refractivity contribution in [1.29, 1.82) is 5.41 Å². The van der Waals surface area contributed by atoms with Crippen LogP contribution in [0.1, 0.15) is 30.6 Å². The summed E-state index contributed by atoms with van der Waals surface area (Å²) in [6.45, 7) is 3.68. The first-order valence-corrected chi connectivity index (χ1v) is 7.25. The van der Waals surface area contributed by atoms with Crippen LogP contribution in [0.5, 0.6) is 0 Å². The van der Waals surface area contributed by atoms with Crippen molar-refractivity contribution in [3.05, 3.63) is 23.7 Å². The molecule has 2 heterocycles. The molecular formula is C14H18F3N7. The summed E-state index contributed by atoms with van der Waals surface area (Å²) >= 11 is 0. The lowest BCUT2D eigenvalue weighted by Crippen LogP contribution is -2.12. The zero-order valence-corrected chi connectivity index (χ0v) is 13.4. The Morgan fingerprint density at radius 1 is 1.42 bits per heavy atom. The summed E-state index contributed by atoms with van der Waals surface area (Å²) in [6, 6.07) is -0.180. The molecule has 24 heavy (non-hydrogen) atoms. The first-order chi connectivity index (χ1) is 11.3. The van der Waals surface area contributed by atoms with Gasteiger partial charge in [0.1, 0.15) is 11.4 Å². The number of hydrogen-bond acceptors (Lipinski definition) is 6. The Morgan fingerprint density at radius 2 is 2.12 bits per heavy atom. The summed E-state index contributed by atoms with van der Waals surface area (Å²) in [5.74, 6) is -0.283. The Bertz CT molecular complexity index is 724. The molecule has 0 spiro atoms. The Kier molecular flexibility index (Phi) is 5.05. The molecule has 0 saturated carbocycles. The lowest BCUT2D eigenvalue weighted by Gasteiger charge is -2.12. The lowest BCUT2D eigenvalue weighted by molar-refractivity contribution is -0.137. The normalized spacial score (nSPS) is 12.8. The van der Waals surface area contributed by atoms with Crippen LogP contribution in [0, 0.1) is 12.3 Å². The Balaban J connectivity index is 2.30. The SMILES string of the molecule is CC[C@H](C=N)n1cc(Nc2ncc(C(F)(F)F)c(NC)n2)c(C)n1. The van der Waals surface area contributed by atoms with E-state index in [1.54, 1.807) is 17.8 Å². The highest BCUT2D eigenvalue weighted by molar-refractivity contribution is 5.61. The van der Waals surface area contributed by atoms with E-state index in [9.17, 15) is 13.2 Å². The van der Waals surface area contributed by atoms with Crippen molar-refractivity contribution in [1.82, 2.24) is 19.7 Å². The predicted molar refractivity (Wildman–Crippen MR) is 84.9 cm³/mol. The molecule has 0 aliphatic carbocycles. The fourth-order valence-electron chi connectivity index (χ4n) is 2.12. The zero-order valence-electron chi connectivity index (χ0n) is 13.4. The largest absolute Gasteiger partial charge is 0.421 e. The van der Waals surface area contributed by atoms with Crippen LogP contribution in [0.15, 0.2) is 12.4 Å². The van der Waals surface area contributed by atoms with Crippen molar-refractivity contribution in [2.24, 2.45) is 0 Å². The summed E-state index contributed by atoms with van der Waals surface area (Å²) in [7, 11) is 1.36. The van der Waals surface area contributed by atoms with E-state index >= 15 is 0 Å². The van der Waals surface area contributed by atoms with Crippen LogP contribution >= 0.6 is 0 Å². The number of anilines is 3. The van der Waals surface area contributed by atoms with Crippen molar-refractivity contribution in [2.45, 2.75) is 32.5 Å². The number of aryl methyl sites for hydroxylation is 1. The van der Waals surface area contributed by atoms with E-state index in [1.165, 1.54) is 13.3 Å². The van der Waals surface area contributed by atoms with Gasteiger partial charge in [0, 0.05) is 25.7 Å². The van der Waals surface area contributed by atoms with Crippen molar-refractivity contribution < 1.29 is 13.2 Å². The molecule has 130 valence electrons. The first kappa shape index (κ1) is 17.7. The fourth-order valence-corrected chi connectivity index (χ4v) is 2.12. The highest BCUT2D eigenvalue weighted by atomic mass is 19.4. The summed E-state index contributed by atoms with van der Waals surface area (Å²) in [6.07, 6.45) is -0.146. The summed E-state index contributed by atoms with van der Waals surface area (Å²) in [5.41, 5.74) is 0.264. The van der Waals surface area contributed by atoms with E-state index in [2.05, 4.69) is 25.7 Å². The van der Waals surface area contributed by atoms with Crippen LogP contribution in [0.2, 0.25) is 0 Å². The fraction of sp³-hybridized carbons (Fsp3) is 0.429. The number of alkyl halides is 3. The quantitative estimate of drug-likeness (QED) is 0.701. The monoisotopic (exact) mass is 341 g/mol. The number of hydrogen-bond donors (Lipinski definition) is 3. The molecule has 10 heteroatoms. The van der Waals surface area contributed by atoms with Crippen molar-refractivity contribution in [2.75, 3.05) is 17.7 Å². The molecule has 0 amide bonds. The van der Waals surface area contributed by atoms with E-state index in [4.69, 9.17) is 5.41 Å². The molecule has 2 rings (SSSR count). The molecule has 1 atom stereocenters. The van der Waals surface area contributed by atoms with Crippen molar-refractivity contribution in [3.63, 3.8) is 0 Å². The van der Waals surface area contributed by atoms with Gasteiger partial charge in [0.2, 0.25) is 5.95 Å². The average Bonchev–Trinajstić information content (AvgIpc) is 2.88. The highest BCUT2D eigenvalue weighted by Gasteiger charge is 2.35. The summed E-state index contributed by atoms with van der Waals surface area (Å²) in [5, 5.41) is 17.0. The zero-order chi connectivity index (χ0) is 17.9. The van der Waals surface area contributed by atoms with Gasteiger partial charge in [-0.1, -0.05) is 6.92 Å². The Labute approximate surface area is 136 Å². The second-order valence-electron chi connectivity index (χ2n) is 5.08. The van der Waals surface area contributed by atoms with Crippen LogP contribution in [-0.2, 0) is 6.18 Å². The molecule has 3 N–H and O–H groups in total. The molecule has 7 nitrogen and oxygen atoms in total. The van der Waals surface area contributed by atoms with E-state index in [0.29, 0.717) is 17.8 Å². The van der Waals surface area contributed by atoms with Crippen LogP contribution in [0.4, 0.5) is 30.6 Å². The van der Waals surface area contributed by atoms with Gasteiger partial charge in [-0.3, -0.25) is 4.68 Å². The molecule has 0 aromatic carbocycles. The van der Waals surface area contributed by atoms with Crippen LogP contribution in [-0.4, -0.2) is 33.0 Å². The third-order valence-electron chi connectivity index (χ3n) is 3.44. The van der Waals surface area contributed by atoms with Gasteiger partial charge in [0.05, 0.1) is 17.4 Å². The van der Waals surface area contributed by atoms with Gasteiger partial charge in [-0.25, -0.2) is 4.98 Å². The van der Waals surface area contributed by atoms with Crippen LogP contribution in [0.25, 0.3) is 0 Å². The molecule has 2 aromatic rings. The minimum absolute atomic E-state index is 0.0258. The molecular weight excluding hydrogens is 323 g/mol. The maximum atomic E-state index is 12.9. The smallest absolute Gasteiger partial charge is 0.372 e. The van der Waals surface area contributed by atoms with Gasteiger partial charge >= 0.3 is 6.18 Å². The number of rotatable bonds is 6. The maximum Gasteiger partial charge on any atom is 0.421 e. The first-order valence-electron chi connectivity index (χ1n) is 7.25. The lowest BCUT2D eigenvalue weighted by atomic mass is 10.2.